The summed E-state index contributed by atoms with van der Waals surface area (Å²) in [6.07, 6.45) is 2.45. The molecule has 0 aromatic heterocycles. The lowest BCUT2D eigenvalue weighted by Crippen LogP contribution is -2.42. The van der Waals surface area contributed by atoms with E-state index in [-0.39, 0.29) is 0 Å². The molecule has 0 amide bonds. The maximum absolute atomic E-state index is 6.04. The molecule has 1 fully saturated rings. The van der Waals surface area contributed by atoms with Crippen LogP contribution in [0, 0.1) is 0 Å². The van der Waals surface area contributed by atoms with E-state index in [9.17, 15) is 0 Å². The first-order chi connectivity index (χ1) is 12.1. The molecule has 7 heteroatoms. The Bertz CT molecular complexity index is 567. The summed E-state index contributed by atoms with van der Waals surface area (Å²) in [5, 5.41) is 3.24. The number of guanidine groups is 1. The molecule has 1 heterocycles. The molecule has 1 aromatic rings. The van der Waals surface area contributed by atoms with E-state index in [1.165, 1.54) is 19.4 Å². The number of nitrogens with zero attached hydrogens (tertiary/aromatic N) is 2. The Balaban J connectivity index is 2.02. The zero-order valence-electron chi connectivity index (χ0n) is 15.7. The highest BCUT2D eigenvalue weighted by molar-refractivity contribution is 5.78. The number of methoxy groups -OCH3 is 3. The number of benzene rings is 1. The Morgan fingerprint density at radius 3 is 2.48 bits per heavy atom. The molecule has 7 nitrogen and oxygen atoms in total. The fraction of sp³-hybridized carbons (Fsp3) is 0.611. The van der Waals surface area contributed by atoms with Gasteiger partial charge in [0.2, 0.25) is 0 Å². The van der Waals surface area contributed by atoms with E-state index in [4.69, 9.17) is 19.9 Å². The van der Waals surface area contributed by atoms with E-state index in [2.05, 4.69) is 22.1 Å². The van der Waals surface area contributed by atoms with Gasteiger partial charge < -0.3 is 25.3 Å². The van der Waals surface area contributed by atoms with Crippen molar-refractivity contribution in [1.82, 2.24) is 10.2 Å². The number of hydrogen-bond donors (Lipinski definition) is 2. The first kappa shape index (κ1) is 19.2. The largest absolute Gasteiger partial charge is 0.496 e. The number of aliphatic imine (C=N–C) groups is 1. The topological polar surface area (TPSA) is 81.3 Å². The first-order valence-electron chi connectivity index (χ1n) is 8.69. The average molecular weight is 350 g/mol. The number of likely N-dealkylation sites (N-methyl/N-ethyl adjacent to an activating group) is 1. The van der Waals surface area contributed by atoms with Crippen LogP contribution in [0.3, 0.4) is 0 Å². The number of hydrogen-bond acceptors (Lipinski definition) is 5. The second-order valence-corrected chi connectivity index (χ2v) is 6.02. The maximum atomic E-state index is 6.04. The van der Waals surface area contributed by atoms with E-state index < -0.39 is 0 Å². The summed E-state index contributed by atoms with van der Waals surface area (Å²) in [5.74, 6) is 2.44. The molecule has 140 valence electrons. The molecule has 1 aliphatic heterocycles. The summed E-state index contributed by atoms with van der Waals surface area (Å²) in [6, 6.07) is 4.16. The highest BCUT2D eigenvalue weighted by atomic mass is 16.5. The van der Waals surface area contributed by atoms with Crippen LogP contribution in [-0.2, 0) is 6.54 Å². The summed E-state index contributed by atoms with van der Waals surface area (Å²) in [5.41, 5.74) is 6.88. The lowest BCUT2D eigenvalue weighted by Gasteiger charge is -2.23. The predicted octanol–water partition coefficient (Wildman–Crippen LogP) is 1.60. The van der Waals surface area contributed by atoms with Crippen LogP contribution in [0.15, 0.2) is 17.1 Å². The van der Waals surface area contributed by atoms with Crippen LogP contribution < -0.4 is 25.3 Å². The summed E-state index contributed by atoms with van der Waals surface area (Å²) in [4.78, 5) is 6.91. The van der Waals surface area contributed by atoms with Gasteiger partial charge in [-0.25, -0.2) is 4.99 Å². The molecule has 2 rings (SSSR count). The van der Waals surface area contributed by atoms with E-state index in [0.717, 1.165) is 18.7 Å². The van der Waals surface area contributed by atoms with Crippen molar-refractivity contribution in [2.24, 2.45) is 10.7 Å². The van der Waals surface area contributed by atoms with Crippen molar-refractivity contribution < 1.29 is 14.2 Å². The van der Waals surface area contributed by atoms with Gasteiger partial charge in [-0.2, -0.15) is 0 Å². The third-order valence-electron chi connectivity index (χ3n) is 4.65. The van der Waals surface area contributed by atoms with E-state index >= 15 is 0 Å². The summed E-state index contributed by atoms with van der Waals surface area (Å²) in [7, 11) is 4.83. The molecule has 1 atom stereocenters. The Morgan fingerprint density at radius 2 is 1.92 bits per heavy atom. The van der Waals surface area contributed by atoms with E-state index in [1.807, 2.05) is 12.1 Å². The van der Waals surface area contributed by atoms with Gasteiger partial charge in [0, 0.05) is 24.7 Å². The van der Waals surface area contributed by atoms with Gasteiger partial charge >= 0.3 is 0 Å². The van der Waals surface area contributed by atoms with Gasteiger partial charge in [0.15, 0.2) is 5.96 Å². The van der Waals surface area contributed by atoms with Crippen LogP contribution in [0.25, 0.3) is 0 Å². The van der Waals surface area contributed by atoms with Gasteiger partial charge in [-0.05, 0) is 25.9 Å². The van der Waals surface area contributed by atoms with Gasteiger partial charge in [0.1, 0.15) is 17.2 Å². The Morgan fingerprint density at radius 1 is 1.24 bits per heavy atom. The quantitative estimate of drug-likeness (QED) is 0.547. The fourth-order valence-electron chi connectivity index (χ4n) is 3.22. The Kier molecular flexibility index (Phi) is 7.18. The van der Waals surface area contributed by atoms with Crippen LogP contribution in [0.4, 0.5) is 0 Å². The predicted molar refractivity (Wildman–Crippen MR) is 99.7 cm³/mol. The zero-order valence-corrected chi connectivity index (χ0v) is 15.7. The number of likely N-dealkylation sites (tertiary alicyclic amines) is 1. The molecular formula is C18H30N4O3. The second kappa shape index (κ2) is 9.36. The van der Waals surface area contributed by atoms with Crippen molar-refractivity contribution in [2.45, 2.75) is 32.4 Å². The summed E-state index contributed by atoms with van der Waals surface area (Å²) < 4.78 is 16.1. The van der Waals surface area contributed by atoms with Gasteiger partial charge in [-0.1, -0.05) is 6.92 Å². The van der Waals surface area contributed by atoms with Gasteiger partial charge in [-0.3, -0.25) is 4.90 Å². The van der Waals surface area contributed by atoms with Crippen molar-refractivity contribution >= 4 is 5.96 Å². The van der Waals surface area contributed by atoms with Crippen molar-refractivity contribution in [3.05, 3.63) is 17.7 Å². The van der Waals surface area contributed by atoms with E-state index in [1.54, 1.807) is 21.3 Å². The monoisotopic (exact) mass is 350 g/mol. The minimum atomic E-state index is 0.372. The van der Waals surface area contributed by atoms with Crippen molar-refractivity contribution in [1.29, 1.82) is 0 Å². The molecular weight excluding hydrogens is 320 g/mol. The van der Waals surface area contributed by atoms with E-state index in [0.29, 0.717) is 35.8 Å². The molecule has 3 N–H and O–H groups in total. The van der Waals surface area contributed by atoms with Gasteiger partial charge in [0.25, 0.3) is 0 Å². The maximum Gasteiger partial charge on any atom is 0.188 e. The first-order valence-corrected chi connectivity index (χ1v) is 8.69. The third kappa shape index (κ3) is 4.92. The molecule has 1 aliphatic rings. The Hall–Kier alpha value is -2.15. The second-order valence-electron chi connectivity index (χ2n) is 6.02. The minimum Gasteiger partial charge on any atom is -0.496 e. The lowest BCUT2D eigenvalue weighted by molar-refractivity contribution is 0.267. The lowest BCUT2D eigenvalue weighted by atomic mass is 10.1. The molecule has 0 aliphatic carbocycles. The van der Waals surface area contributed by atoms with Crippen molar-refractivity contribution in [3.8, 4) is 17.2 Å². The normalized spacial score (nSPS) is 18.2. The fourth-order valence-corrected chi connectivity index (χ4v) is 3.22. The van der Waals surface area contributed by atoms with Crippen LogP contribution in [-0.4, -0.2) is 57.9 Å². The van der Waals surface area contributed by atoms with Gasteiger partial charge in [-0.15, -0.1) is 0 Å². The van der Waals surface area contributed by atoms with Crippen LogP contribution in [0.2, 0.25) is 0 Å². The average Bonchev–Trinajstić information content (AvgIpc) is 3.11. The standard InChI is InChI=1S/C18H30N4O3/c1-5-22-8-6-7-13(22)11-20-18(19)21-12-15-16(24-3)9-14(23-2)10-17(15)25-4/h9-10,13H,5-8,11-12H2,1-4H3,(H3,19,20,21). The summed E-state index contributed by atoms with van der Waals surface area (Å²) >= 11 is 0. The van der Waals surface area contributed by atoms with Crippen molar-refractivity contribution in [3.63, 3.8) is 0 Å². The highest BCUT2D eigenvalue weighted by Gasteiger charge is 2.22. The third-order valence-corrected chi connectivity index (χ3v) is 4.65. The number of rotatable bonds is 8. The Labute approximate surface area is 150 Å². The van der Waals surface area contributed by atoms with Crippen LogP contribution in [0.5, 0.6) is 17.2 Å². The molecule has 0 spiro atoms. The molecule has 25 heavy (non-hydrogen) atoms. The minimum absolute atomic E-state index is 0.372. The molecule has 0 bridgehead atoms. The molecule has 1 saturated heterocycles. The molecule has 0 radical (unpaired) electrons. The van der Waals surface area contributed by atoms with Gasteiger partial charge in [0.05, 0.1) is 33.4 Å². The van der Waals surface area contributed by atoms with Crippen molar-refractivity contribution in [2.75, 3.05) is 41.0 Å². The number of ether oxygens (including phenoxy) is 3. The highest BCUT2D eigenvalue weighted by Crippen LogP contribution is 2.34. The van der Waals surface area contributed by atoms with Crippen LogP contribution >= 0.6 is 0 Å². The van der Waals surface area contributed by atoms with Crippen LogP contribution in [0.1, 0.15) is 25.3 Å². The number of nitrogens with one attached hydrogen (secondary N) is 1. The molecule has 0 saturated carbocycles. The SMILES string of the molecule is CCN1CCCC1CNC(N)=NCc1c(OC)cc(OC)cc1OC. The number of nitrogens with two attached hydrogens (primary N) is 1. The zero-order chi connectivity index (χ0) is 18.2. The molecule has 1 aromatic carbocycles. The summed E-state index contributed by atoms with van der Waals surface area (Å²) in [6.45, 7) is 5.62. The molecule has 1 unspecified atom stereocenters. The smallest absolute Gasteiger partial charge is 0.188 e.